The SMILES string of the molecule is COCCCOCCOc1cccc(CO)c1. The van der Waals surface area contributed by atoms with Crippen molar-refractivity contribution < 1.29 is 19.3 Å². The van der Waals surface area contributed by atoms with E-state index in [0.717, 1.165) is 24.3 Å². The third-order valence-corrected chi connectivity index (χ3v) is 2.21. The monoisotopic (exact) mass is 240 g/mol. The minimum Gasteiger partial charge on any atom is -0.491 e. The van der Waals surface area contributed by atoms with Crippen molar-refractivity contribution in [1.82, 2.24) is 0 Å². The molecule has 0 aliphatic carbocycles. The minimum atomic E-state index is 0.0325. The second-order valence-corrected chi connectivity index (χ2v) is 3.61. The summed E-state index contributed by atoms with van der Waals surface area (Å²) in [6.07, 6.45) is 0.899. The first-order valence-electron chi connectivity index (χ1n) is 5.76. The lowest BCUT2D eigenvalue weighted by Gasteiger charge is -2.08. The van der Waals surface area contributed by atoms with E-state index in [1.165, 1.54) is 0 Å². The number of aliphatic hydroxyl groups excluding tert-OH is 1. The molecule has 1 N–H and O–H groups in total. The average Bonchev–Trinajstić information content (AvgIpc) is 2.38. The number of hydrogen-bond acceptors (Lipinski definition) is 4. The van der Waals surface area contributed by atoms with E-state index >= 15 is 0 Å². The first-order valence-corrected chi connectivity index (χ1v) is 5.76. The van der Waals surface area contributed by atoms with Gasteiger partial charge in [-0.25, -0.2) is 0 Å². The van der Waals surface area contributed by atoms with E-state index in [1.807, 2.05) is 24.3 Å². The van der Waals surface area contributed by atoms with Gasteiger partial charge in [-0.2, -0.15) is 0 Å². The van der Waals surface area contributed by atoms with Crippen LogP contribution in [0.15, 0.2) is 24.3 Å². The van der Waals surface area contributed by atoms with Crippen LogP contribution in [0.1, 0.15) is 12.0 Å². The minimum absolute atomic E-state index is 0.0325. The van der Waals surface area contributed by atoms with E-state index in [-0.39, 0.29) is 6.61 Å². The van der Waals surface area contributed by atoms with Gasteiger partial charge in [-0.05, 0) is 24.1 Å². The highest BCUT2D eigenvalue weighted by Crippen LogP contribution is 2.12. The third-order valence-electron chi connectivity index (χ3n) is 2.21. The molecular weight excluding hydrogens is 220 g/mol. The van der Waals surface area contributed by atoms with Crippen LogP contribution >= 0.6 is 0 Å². The first-order chi connectivity index (χ1) is 8.36. The van der Waals surface area contributed by atoms with Crippen molar-refractivity contribution in [2.75, 3.05) is 33.5 Å². The van der Waals surface area contributed by atoms with Crippen LogP contribution in [-0.4, -0.2) is 38.6 Å². The molecule has 0 aromatic heterocycles. The Morgan fingerprint density at radius 1 is 1.12 bits per heavy atom. The van der Waals surface area contributed by atoms with E-state index in [9.17, 15) is 0 Å². The molecule has 0 fully saturated rings. The van der Waals surface area contributed by atoms with Crippen molar-refractivity contribution >= 4 is 0 Å². The molecule has 0 unspecified atom stereocenters. The van der Waals surface area contributed by atoms with Gasteiger partial charge in [-0.15, -0.1) is 0 Å². The highest BCUT2D eigenvalue weighted by Gasteiger charge is 1.96. The number of ether oxygens (including phenoxy) is 3. The van der Waals surface area contributed by atoms with Crippen LogP contribution in [0.25, 0.3) is 0 Å². The Labute approximate surface area is 102 Å². The van der Waals surface area contributed by atoms with E-state index in [2.05, 4.69) is 0 Å². The van der Waals surface area contributed by atoms with E-state index in [0.29, 0.717) is 19.8 Å². The van der Waals surface area contributed by atoms with Gasteiger partial charge in [0.1, 0.15) is 12.4 Å². The predicted molar refractivity (Wildman–Crippen MR) is 65.2 cm³/mol. The van der Waals surface area contributed by atoms with Crippen molar-refractivity contribution in [3.8, 4) is 5.75 Å². The second-order valence-electron chi connectivity index (χ2n) is 3.61. The Morgan fingerprint density at radius 2 is 2.00 bits per heavy atom. The topological polar surface area (TPSA) is 47.9 Å². The van der Waals surface area contributed by atoms with E-state index < -0.39 is 0 Å². The lowest BCUT2D eigenvalue weighted by Crippen LogP contribution is -2.08. The molecule has 0 heterocycles. The predicted octanol–water partition coefficient (Wildman–Crippen LogP) is 1.61. The smallest absolute Gasteiger partial charge is 0.119 e. The maximum Gasteiger partial charge on any atom is 0.119 e. The summed E-state index contributed by atoms with van der Waals surface area (Å²) < 4.78 is 15.8. The molecule has 0 aliphatic rings. The fourth-order valence-corrected chi connectivity index (χ4v) is 1.36. The Morgan fingerprint density at radius 3 is 2.76 bits per heavy atom. The molecule has 0 aliphatic heterocycles. The van der Waals surface area contributed by atoms with Crippen molar-refractivity contribution in [3.63, 3.8) is 0 Å². The first kappa shape index (κ1) is 14.0. The van der Waals surface area contributed by atoms with Gasteiger partial charge in [0.05, 0.1) is 13.2 Å². The second kappa shape index (κ2) is 8.98. The third kappa shape index (κ3) is 6.26. The Kier molecular flexibility index (Phi) is 7.38. The van der Waals surface area contributed by atoms with Crippen LogP contribution in [0.2, 0.25) is 0 Å². The highest BCUT2D eigenvalue weighted by atomic mass is 16.5. The molecule has 17 heavy (non-hydrogen) atoms. The summed E-state index contributed by atoms with van der Waals surface area (Å²) in [7, 11) is 1.68. The Bertz CT molecular complexity index is 301. The number of rotatable bonds is 9. The van der Waals surface area contributed by atoms with Crippen LogP contribution in [0.3, 0.4) is 0 Å². The van der Waals surface area contributed by atoms with Crippen molar-refractivity contribution in [2.45, 2.75) is 13.0 Å². The van der Waals surface area contributed by atoms with E-state index in [1.54, 1.807) is 7.11 Å². The fourth-order valence-electron chi connectivity index (χ4n) is 1.36. The van der Waals surface area contributed by atoms with Crippen LogP contribution in [0.4, 0.5) is 0 Å². The normalized spacial score (nSPS) is 10.5. The van der Waals surface area contributed by atoms with Crippen molar-refractivity contribution in [3.05, 3.63) is 29.8 Å². The van der Waals surface area contributed by atoms with Gasteiger partial charge >= 0.3 is 0 Å². The molecule has 1 aromatic carbocycles. The fraction of sp³-hybridized carbons (Fsp3) is 0.538. The molecule has 0 radical (unpaired) electrons. The highest BCUT2D eigenvalue weighted by molar-refractivity contribution is 5.27. The standard InChI is InChI=1S/C13H20O4/c1-15-6-3-7-16-8-9-17-13-5-2-4-12(10-13)11-14/h2,4-5,10,14H,3,6-9,11H2,1H3. The maximum absolute atomic E-state index is 8.96. The largest absolute Gasteiger partial charge is 0.491 e. The van der Waals surface area contributed by atoms with Gasteiger partial charge in [0, 0.05) is 20.3 Å². The van der Waals surface area contributed by atoms with Gasteiger partial charge < -0.3 is 19.3 Å². The van der Waals surface area contributed by atoms with Crippen LogP contribution in [0.5, 0.6) is 5.75 Å². The van der Waals surface area contributed by atoms with Crippen LogP contribution in [-0.2, 0) is 16.1 Å². The van der Waals surface area contributed by atoms with Crippen LogP contribution in [0, 0.1) is 0 Å². The van der Waals surface area contributed by atoms with Gasteiger partial charge in [-0.3, -0.25) is 0 Å². The molecule has 0 saturated carbocycles. The van der Waals surface area contributed by atoms with Crippen molar-refractivity contribution in [1.29, 1.82) is 0 Å². The zero-order valence-electron chi connectivity index (χ0n) is 10.2. The zero-order valence-corrected chi connectivity index (χ0v) is 10.2. The number of benzene rings is 1. The number of hydrogen-bond donors (Lipinski definition) is 1. The zero-order chi connectivity index (χ0) is 12.3. The molecule has 0 bridgehead atoms. The van der Waals surface area contributed by atoms with E-state index in [4.69, 9.17) is 19.3 Å². The molecule has 0 saturated heterocycles. The van der Waals surface area contributed by atoms with Gasteiger partial charge in [0.2, 0.25) is 0 Å². The molecule has 4 heteroatoms. The Hall–Kier alpha value is -1.10. The molecule has 0 atom stereocenters. The molecule has 1 rings (SSSR count). The summed E-state index contributed by atoms with van der Waals surface area (Å²) in [6.45, 7) is 2.52. The summed E-state index contributed by atoms with van der Waals surface area (Å²) in [4.78, 5) is 0. The molecule has 4 nitrogen and oxygen atoms in total. The van der Waals surface area contributed by atoms with Crippen molar-refractivity contribution in [2.24, 2.45) is 0 Å². The summed E-state index contributed by atoms with van der Waals surface area (Å²) in [5.41, 5.74) is 0.850. The Balaban J connectivity index is 2.09. The molecule has 0 spiro atoms. The average molecular weight is 240 g/mol. The lowest BCUT2D eigenvalue weighted by atomic mass is 10.2. The van der Waals surface area contributed by atoms with Gasteiger partial charge in [-0.1, -0.05) is 12.1 Å². The summed E-state index contributed by atoms with van der Waals surface area (Å²) in [6, 6.07) is 7.41. The summed E-state index contributed by atoms with van der Waals surface area (Å²) >= 11 is 0. The van der Waals surface area contributed by atoms with Crippen LogP contribution < -0.4 is 4.74 Å². The maximum atomic E-state index is 8.96. The van der Waals surface area contributed by atoms with Gasteiger partial charge in [0.15, 0.2) is 0 Å². The summed E-state index contributed by atoms with van der Waals surface area (Å²) in [5, 5.41) is 8.96. The number of aliphatic hydroxyl groups is 1. The molecule has 1 aromatic rings. The number of methoxy groups -OCH3 is 1. The molecule has 96 valence electrons. The molecule has 0 amide bonds. The lowest BCUT2D eigenvalue weighted by molar-refractivity contribution is 0.0806. The van der Waals surface area contributed by atoms with Gasteiger partial charge in [0.25, 0.3) is 0 Å². The quantitative estimate of drug-likeness (QED) is 0.666. The molecular formula is C13H20O4. The summed E-state index contributed by atoms with van der Waals surface area (Å²) in [5.74, 6) is 0.761.